The summed E-state index contributed by atoms with van der Waals surface area (Å²) in [4.78, 5) is 9.77. The van der Waals surface area contributed by atoms with Crippen LogP contribution in [0.25, 0.3) is 105 Å². The predicted octanol–water partition coefficient (Wildman–Crippen LogP) is 13.1. The van der Waals surface area contributed by atoms with Gasteiger partial charge in [-0.15, -0.1) is 0 Å². The molecule has 0 saturated carbocycles. The van der Waals surface area contributed by atoms with Gasteiger partial charge in [-0.2, -0.15) is 5.10 Å². The molecule has 0 bridgehead atoms. The minimum absolute atomic E-state index is 0.926. The van der Waals surface area contributed by atoms with Gasteiger partial charge in [-0.3, -0.25) is 4.98 Å². The molecule has 11 aromatic rings. The Bertz CT molecular complexity index is 3240. The van der Waals surface area contributed by atoms with Crippen molar-refractivity contribution in [3.8, 4) is 50.5 Å². The first-order chi connectivity index (χ1) is 27.2. The maximum absolute atomic E-state index is 5.39. The zero-order chi connectivity index (χ0) is 36.3. The zero-order valence-electron chi connectivity index (χ0n) is 29.8. The third kappa shape index (κ3) is 5.26. The standard InChI is InChI=1S/C51H32N4/c1-3-10-35(11-4-1)45-32-40-14-7-8-16-44(40)51-47(45)48(36-12-5-2-6-13-36)54-55(51)43-26-23-33(24-27-43)39-21-17-34-18-22-41(31-42(34)30-39)46-28-25-38-20-19-37-15-9-29-52-49(37)50(38)53-46/h1-32H. The Hall–Kier alpha value is -7.43. The molecule has 256 valence electrons. The molecule has 0 amide bonds. The van der Waals surface area contributed by atoms with E-state index in [1.807, 2.05) is 12.3 Å². The van der Waals surface area contributed by atoms with Crippen LogP contribution >= 0.6 is 0 Å². The molecule has 0 saturated heterocycles. The maximum Gasteiger partial charge on any atom is 0.101 e. The molecular weight excluding hydrogens is 669 g/mol. The van der Waals surface area contributed by atoms with Crippen LogP contribution in [0, 0.1) is 0 Å². The molecule has 8 aromatic carbocycles. The van der Waals surface area contributed by atoms with Crippen LogP contribution in [0.1, 0.15) is 0 Å². The summed E-state index contributed by atoms with van der Waals surface area (Å²) in [5, 5.41) is 13.4. The number of nitrogens with zero attached hydrogens (tertiary/aromatic N) is 4. The van der Waals surface area contributed by atoms with Crippen LogP contribution in [-0.4, -0.2) is 19.7 Å². The van der Waals surface area contributed by atoms with E-state index in [-0.39, 0.29) is 0 Å². The van der Waals surface area contributed by atoms with Crippen LogP contribution < -0.4 is 0 Å². The second-order valence-corrected chi connectivity index (χ2v) is 14.1. The van der Waals surface area contributed by atoms with Crippen molar-refractivity contribution in [3.05, 3.63) is 194 Å². The van der Waals surface area contributed by atoms with Gasteiger partial charge in [-0.25, -0.2) is 9.67 Å². The van der Waals surface area contributed by atoms with E-state index in [0.29, 0.717) is 0 Å². The molecule has 11 rings (SSSR count). The fourth-order valence-electron chi connectivity index (χ4n) is 8.08. The highest BCUT2D eigenvalue weighted by molar-refractivity contribution is 6.17. The molecule has 0 spiro atoms. The largest absolute Gasteiger partial charge is 0.254 e. The van der Waals surface area contributed by atoms with E-state index < -0.39 is 0 Å². The number of benzene rings is 8. The molecule has 0 aliphatic heterocycles. The minimum atomic E-state index is 0.926. The molecule has 4 heteroatoms. The molecule has 3 heterocycles. The fraction of sp³-hybridized carbons (Fsp3) is 0. The molecule has 0 radical (unpaired) electrons. The molecule has 0 atom stereocenters. The average Bonchev–Trinajstić information content (AvgIpc) is 3.67. The summed E-state index contributed by atoms with van der Waals surface area (Å²) in [7, 11) is 0. The number of pyridine rings is 2. The summed E-state index contributed by atoms with van der Waals surface area (Å²) in [6.07, 6.45) is 1.84. The van der Waals surface area contributed by atoms with Gasteiger partial charge in [0.05, 0.1) is 27.9 Å². The SMILES string of the molecule is c1ccc(-c2cc3ccccc3c3c2c(-c2ccccc2)nn3-c2ccc(-c3ccc4ccc(-c5ccc6ccc7cccnc7c6n5)cc4c3)cc2)cc1. The van der Waals surface area contributed by atoms with Crippen LogP contribution in [-0.2, 0) is 0 Å². The molecule has 0 fully saturated rings. The summed E-state index contributed by atoms with van der Waals surface area (Å²) in [5.74, 6) is 0. The normalized spacial score (nSPS) is 11.6. The average molecular weight is 701 g/mol. The van der Waals surface area contributed by atoms with Gasteiger partial charge in [-0.1, -0.05) is 146 Å². The summed E-state index contributed by atoms with van der Waals surface area (Å²) in [6, 6.07) is 66.8. The van der Waals surface area contributed by atoms with Crippen molar-refractivity contribution in [2.75, 3.05) is 0 Å². The zero-order valence-corrected chi connectivity index (χ0v) is 29.8. The predicted molar refractivity (Wildman–Crippen MR) is 228 cm³/mol. The Kier molecular flexibility index (Phi) is 7.14. The van der Waals surface area contributed by atoms with Gasteiger partial charge in [0, 0.05) is 38.9 Å². The topological polar surface area (TPSA) is 43.6 Å². The second kappa shape index (κ2) is 12.6. The first-order valence-corrected chi connectivity index (χ1v) is 18.6. The van der Waals surface area contributed by atoms with Crippen molar-refractivity contribution in [1.82, 2.24) is 19.7 Å². The van der Waals surface area contributed by atoms with Gasteiger partial charge < -0.3 is 0 Å². The minimum Gasteiger partial charge on any atom is -0.254 e. The summed E-state index contributed by atoms with van der Waals surface area (Å²) in [5.41, 5.74) is 12.7. The van der Waals surface area contributed by atoms with E-state index in [1.165, 1.54) is 32.7 Å². The monoisotopic (exact) mass is 700 g/mol. The van der Waals surface area contributed by atoms with Gasteiger partial charge in [0.1, 0.15) is 5.69 Å². The lowest BCUT2D eigenvalue weighted by Gasteiger charge is -2.12. The first-order valence-electron chi connectivity index (χ1n) is 18.6. The Morgan fingerprint density at radius 3 is 1.85 bits per heavy atom. The molecular formula is C51H32N4. The molecule has 0 unspecified atom stereocenters. The first kappa shape index (κ1) is 31.1. The van der Waals surface area contributed by atoms with E-state index in [0.717, 1.165) is 72.0 Å². The highest BCUT2D eigenvalue weighted by Crippen LogP contribution is 2.42. The van der Waals surface area contributed by atoms with Gasteiger partial charge in [0.15, 0.2) is 0 Å². The highest BCUT2D eigenvalue weighted by atomic mass is 15.3. The van der Waals surface area contributed by atoms with E-state index in [1.54, 1.807) is 0 Å². The number of hydrogen-bond donors (Lipinski definition) is 0. The third-order valence-corrected chi connectivity index (χ3v) is 10.8. The van der Waals surface area contributed by atoms with Crippen LogP contribution in [0.5, 0.6) is 0 Å². The molecule has 4 nitrogen and oxygen atoms in total. The Balaban J connectivity index is 1.02. The fourth-order valence-corrected chi connectivity index (χ4v) is 8.08. The maximum atomic E-state index is 5.39. The Morgan fingerprint density at radius 2 is 1.04 bits per heavy atom. The Morgan fingerprint density at radius 1 is 0.400 bits per heavy atom. The second-order valence-electron chi connectivity index (χ2n) is 14.1. The molecule has 55 heavy (non-hydrogen) atoms. The van der Waals surface area contributed by atoms with Gasteiger partial charge in [-0.05, 0) is 80.9 Å². The lowest BCUT2D eigenvalue weighted by atomic mass is 9.94. The lowest BCUT2D eigenvalue weighted by molar-refractivity contribution is 0.918. The van der Waals surface area contributed by atoms with Gasteiger partial charge in [0.25, 0.3) is 0 Å². The summed E-state index contributed by atoms with van der Waals surface area (Å²) in [6.45, 7) is 0. The van der Waals surface area contributed by atoms with Crippen molar-refractivity contribution in [2.45, 2.75) is 0 Å². The summed E-state index contributed by atoms with van der Waals surface area (Å²) >= 11 is 0. The molecule has 3 aromatic heterocycles. The van der Waals surface area contributed by atoms with E-state index in [9.17, 15) is 0 Å². The lowest BCUT2D eigenvalue weighted by Crippen LogP contribution is -1.97. The number of fused-ring (bicyclic) bond motifs is 7. The number of hydrogen-bond acceptors (Lipinski definition) is 3. The summed E-state index contributed by atoms with van der Waals surface area (Å²) < 4.78 is 2.14. The van der Waals surface area contributed by atoms with E-state index in [2.05, 4.69) is 192 Å². The van der Waals surface area contributed by atoms with Crippen molar-refractivity contribution >= 4 is 54.3 Å². The van der Waals surface area contributed by atoms with Crippen molar-refractivity contribution < 1.29 is 0 Å². The Labute approximate surface area is 317 Å². The van der Waals surface area contributed by atoms with Gasteiger partial charge >= 0.3 is 0 Å². The van der Waals surface area contributed by atoms with Crippen molar-refractivity contribution in [3.63, 3.8) is 0 Å². The van der Waals surface area contributed by atoms with Crippen LogP contribution in [0.15, 0.2) is 194 Å². The van der Waals surface area contributed by atoms with E-state index in [4.69, 9.17) is 10.1 Å². The smallest absolute Gasteiger partial charge is 0.101 e. The molecule has 0 N–H and O–H groups in total. The number of rotatable bonds is 5. The van der Waals surface area contributed by atoms with Crippen molar-refractivity contribution in [2.24, 2.45) is 0 Å². The molecule has 0 aliphatic rings. The van der Waals surface area contributed by atoms with Crippen LogP contribution in [0.4, 0.5) is 0 Å². The third-order valence-electron chi connectivity index (χ3n) is 10.8. The molecule has 0 aliphatic carbocycles. The van der Waals surface area contributed by atoms with E-state index >= 15 is 0 Å². The quantitative estimate of drug-likeness (QED) is 0.168. The van der Waals surface area contributed by atoms with Crippen molar-refractivity contribution in [1.29, 1.82) is 0 Å². The van der Waals surface area contributed by atoms with Gasteiger partial charge in [0.2, 0.25) is 0 Å². The number of aromatic nitrogens is 4. The van der Waals surface area contributed by atoms with Crippen LogP contribution in [0.3, 0.4) is 0 Å². The highest BCUT2D eigenvalue weighted by Gasteiger charge is 2.21. The van der Waals surface area contributed by atoms with Crippen LogP contribution in [0.2, 0.25) is 0 Å².